The first-order valence-electron chi connectivity index (χ1n) is 9.06. The second-order valence-corrected chi connectivity index (χ2v) is 6.44. The van der Waals surface area contributed by atoms with Gasteiger partial charge in [-0.05, 0) is 30.7 Å². The van der Waals surface area contributed by atoms with Gasteiger partial charge < -0.3 is 11.1 Å². The van der Waals surface area contributed by atoms with Crippen LogP contribution in [0, 0.1) is 6.92 Å². The lowest BCUT2D eigenvalue weighted by atomic mass is 10.1. The van der Waals surface area contributed by atoms with E-state index in [0.29, 0.717) is 12.4 Å². The minimum atomic E-state index is -0.366. The van der Waals surface area contributed by atoms with Crippen LogP contribution in [-0.4, -0.2) is 31.7 Å². The normalized spacial score (nSPS) is 11.9. The Hall–Kier alpha value is -3.58. The number of rotatable bonds is 6. The van der Waals surface area contributed by atoms with Crippen molar-refractivity contribution in [2.24, 2.45) is 5.73 Å². The van der Waals surface area contributed by atoms with Gasteiger partial charge >= 0.3 is 0 Å². The van der Waals surface area contributed by atoms with Crippen molar-refractivity contribution in [2.75, 3.05) is 11.9 Å². The van der Waals surface area contributed by atoms with Crippen LogP contribution in [0.15, 0.2) is 67.0 Å². The summed E-state index contributed by atoms with van der Waals surface area (Å²) in [7, 11) is 0. The van der Waals surface area contributed by atoms with Gasteiger partial charge in [0.2, 0.25) is 0 Å². The van der Waals surface area contributed by atoms with Crippen molar-refractivity contribution in [2.45, 2.75) is 13.0 Å². The van der Waals surface area contributed by atoms with E-state index in [0.717, 1.165) is 34.0 Å². The first kappa shape index (κ1) is 17.8. The number of nitrogens with one attached hydrogen (secondary N) is 2. The Bertz CT molecular complexity index is 1040. The van der Waals surface area contributed by atoms with Gasteiger partial charge in [0.1, 0.15) is 17.3 Å². The molecule has 1 unspecified atom stereocenters. The zero-order valence-electron chi connectivity index (χ0n) is 15.5. The van der Waals surface area contributed by atoms with Gasteiger partial charge in [-0.3, -0.25) is 5.10 Å². The maximum atomic E-state index is 6.28. The predicted molar refractivity (Wildman–Crippen MR) is 109 cm³/mol. The van der Waals surface area contributed by atoms with Gasteiger partial charge in [-0.25, -0.2) is 15.0 Å². The minimum absolute atomic E-state index is 0.366. The largest absolute Gasteiger partial charge is 0.368 e. The lowest BCUT2D eigenvalue weighted by Gasteiger charge is -2.12. The molecule has 0 aliphatic heterocycles. The van der Waals surface area contributed by atoms with Crippen LogP contribution >= 0.6 is 0 Å². The third kappa shape index (κ3) is 3.74. The molecule has 0 amide bonds. The smallest absolute Gasteiger partial charge is 0.147 e. The van der Waals surface area contributed by atoms with E-state index in [4.69, 9.17) is 5.73 Å². The molecule has 1 aromatic carbocycles. The summed E-state index contributed by atoms with van der Waals surface area (Å²) in [4.78, 5) is 13.2. The molecule has 3 heterocycles. The number of aromatic amines is 1. The average Bonchev–Trinajstić information content (AvgIpc) is 3.15. The summed E-state index contributed by atoms with van der Waals surface area (Å²) < 4.78 is 0. The predicted octanol–water partition coefficient (Wildman–Crippen LogP) is 3.35. The van der Waals surface area contributed by atoms with E-state index in [9.17, 15) is 0 Å². The molecule has 0 aliphatic rings. The Labute approximate surface area is 163 Å². The number of pyridine rings is 1. The molecule has 0 fully saturated rings. The van der Waals surface area contributed by atoms with Gasteiger partial charge in [0.05, 0.1) is 17.4 Å². The number of nitrogens with zero attached hydrogens (tertiary/aromatic N) is 4. The Balaban J connectivity index is 1.55. The summed E-state index contributed by atoms with van der Waals surface area (Å²) in [5.41, 5.74) is 10.9. The van der Waals surface area contributed by atoms with Crippen LogP contribution in [0.5, 0.6) is 0 Å². The Morgan fingerprint density at radius 1 is 1.00 bits per heavy atom. The van der Waals surface area contributed by atoms with Gasteiger partial charge in [0.15, 0.2) is 0 Å². The fourth-order valence-corrected chi connectivity index (χ4v) is 2.99. The molecule has 28 heavy (non-hydrogen) atoms. The van der Waals surface area contributed by atoms with E-state index in [2.05, 4.69) is 42.6 Å². The Morgan fingerprint density at radius 3 is 2.61 bits per heavy atom. The highest BCUT2D eigenvalue weighted by Gasteiger charge is 2.16. The van der Waals surface area contributed by atoms with Crippen LogP contribution in [0.4, 0.5) is 5.82 Å². The Morgan fingerprint density at radius 2 is 1.82 bits per heavy atom. The van der Waals surface area contributed by atoms with Gasteiger partial charge in [0.25, 0.3) is 0 Å². The lowest BCUT2D eigenvalue weighted by molar-refractivity contribution is 0.700. The number of hydrogen-bond acceptors (Lipinski definition) is 6. The molecule has 3 aromatic heterocycles. The third-order valence-electron chi connectivity index (χ3n) is 4.49. The van der Waals surface area contributed by atoms with Crippen molar-refractivity contribution in [3.05, 3.63) is 78.4 Å². The molecule has 4 rings (SSSR count). The molecule has 140 valence electrons. The molecule has 0 aliphatic carbocycles. The summed E-state index contributed by atoms with van der Waals surface area (Å²) in [5, 5.41) is 10.8. The van der Waals surface area contributed by atoms with Crippen molar-refractivity contribution >= 4 is 5.82 Å². The molecule has 0 spiro atoms. The van der Waals surface area contributed by atoms with Crippen LogP contribution < -0.4 is 11.1 Å². The van der Waals surface area contributed by atoms with Gasteiger partial charge in [0, 0.05) is 24.5 Å². The highest BCUT2D eigenvalue weighted by Crippen LogP contribution is 2.28. The highest BCUT2D eigenvalue weighted by molar-refractivity contribution is 5.71. The quantitative estimate of drug-likeness (QED) is 0.480. The topological polar surface area (TPSA) is 105 Å². The number of H-pyrrole nitrogens is 1. The highest BCUT2D eigenvalue weighted by atomic mass is 15.1. The van der Waals surface area contributed by atoms with Crippen molar-refractivity contribution in [1.29, 1.82) is 0 Å². The first-order valence-corrected chi connectivity index (χ1v) is 9.06. The Kier molecular flexibility index (Phi) is 5.07. The van der Waals surface area contributed by atoms with Crippen LogP contribution in [0.3, 0.4) is 0 Å². The number of hydrogen-bond donors (Lipinski definition) is 3. The molecular formula is C21H21N7. The molecule has 7 nitrogen and oxygen atoms in total. The maximum absolute atomic E-state index is 6.28. The van der Waals surface area contributed by atoms with Crippen LogP contribution in [0.2, 0.25) is 0 Å². The second-order valence-electron chi connectivity index (χ2n) is 6.44. The summed E-state index contributed by atoms with van der Waals surface area (Å²) in [5.74, 6) is 1.33. The van der Waals surface area contributed by atoms with E-state index in [1.54, 1.807) is 12.4 Å². The molecule has 0 radical (unpaired) electrons. The third-order valence-corrected chi connectivity index (χ3v) is 4.49. The average molecular weight is 371 g/mol. The molecule has 4 N–H and O–H groups in total. The zero-order valence-corrected chi connectivity index (χ0v) is 15.5. The lowest BCUT2D eigenvalue weighted by Crippen LogP contribution is -2.23. The fourth-order valence-electron chi connectivity index (χ4n) is 2.99. The number of aromatic nitrogens is 5. The SMILES string of the molecule is Cc1c(-c2ccnc(C(N)CNc3ccccn3)n2)n[nH]c1-c1ccccc1. The molecule has 1 atom stereocenters. The molecule has 0 saturated heterocycles. The van der Waals surface area contributed by atoms with E-state index < -0.39 is 0 Å². The summed E-state index contributed by atoms with van der Waals surface area (Å²) >= 11 is 0. The van der Waals surface area contributed by atoms with Gasteiger partial charge in [-0.2, -0.15) is 5.10 Å². The molecule has 0 saturated carbocycles. The van der Waals surface area contributed by atoms with E-state index in [1.807, 2.05) is 49.4 Å². The molecular weight excluding hydrogens is 350 g/mol. The maximum Gasteiger partial charge on any atom is 0.147 e. The monoisotopic (exact) mass is 371 g/mol. The molecule has 7 heteroatoms. The van der Waals surface area contributed by atoms with Gasteiger partial charge in [-0.1, -0.05) is 36.4 Å². The van der Waals surface area contributed by atoms with Crippen molar-refractivity contribution in [3.63, 3.8) is 0 Å². The zero-order chi connectivity index (χ0) is 19.3. The molecule has 4 aromatic rings. The number of benzene rings is 1. The van der Waals surface area contributed by atoms with Crippen LogP contribution in [0.1, 0.15) is 17.4 Å². The van der Waals surface area contributed by atoms with Crippen LogP contribution in [0.25, 0.3) is 22.6 Å². The van der Waals surface area contributed by atoms with Crippen molar-refractivity contribution in [3.8, 4) is 22.6 Å². The van der Waals surface area contributed by atoms with Crippen molar-refractivity contribution in [1.82, 2.24) is 25.1 Å². The summed E-state index contributed by atoms with van der Waals surface area (Å²) in [6, 6.07) is 17.3. The van der Waals surface area contributed by atoms with Crippen molar-refractivity contribution < 1.29 is 0 Å². The van der Waals surface area contributed by atoms with E-state index in [-0.39, 0.29) is 6.04 Å². The van der Waals surface area contributed by atoms with Crippen LogP contribution in [-0.2, 0) is 0 Å². The minimum Gasteiger partial charge on any atom is -0.368 e. The number of nitrogens with two attached hydrogens (primary N) is 1. The standard InChI is InChI=1S/C21H21N7/c1-14-19(15-7-3-2-4-8-15)27-28-20(14)17-10-12-24-21(26-17)16(22)13-25-18-9-5-6-11-23-18/h2-12,16H,13,22H2,1H3,(H,23,25)(H,27,28). The van der Waals surface area contributed by atoms with Gasteiger partial charge in [-0.15, -0.1) is 0 Å². The number of anilines is 1. The second kappa shape index (κ2) is 7.98. The summed E-state index contributed by atoms with van der Waals surface area (Å²) in [6.45, 7) is 2.51. The fraction of sp³-hybridized carbons (Fsp3) is 0.143. The van der Waals surface area contributed by atoms with E-state index in [1.165, 1.54) is 0 Å². The molecule has 0 bridgehead atoms. The van der Waals surface area contributed by atoms with E-state index >= 15 is 0 Å². The first-order chi connectivity index (χ1) is 13.7. The summed E-state index contributed by atoms with van der Waals surface area (Å²) in [6.07, 6.45) is 3.45.